The standard InChI is InChI=1S/C27H23FN4O/c28-23-8-6-22(7-9-23)27(33)32-16-12-20(13-17-32)25-24(19-10-14-29-15-11-19)18-30-26(31-25)21-4-2-1-3-5-21/h1-11,14-15,18,20H,12-13,16-17H2. The van der Waals surface area contributed by atoms with Crippen LogP contribution in [0.5, 0.6) is 0 Å². The maximum Gasteiger partial charge on any atom is 0.253 e. The Morgan fingerprint density at radius 3 is 2.27 bits per heavy atom. The van der Waals surface area contributed by atoms with Crippen molar-refractivity contribution < 1.29 is 9.18 Å². The fourth-order valence-corrected chi connectivity index (χ4v) is 4.32. The number of benzene rings is 2. The number of aromatic nitrogens is 3. The molecule has 0 bridgehead atoms. The van der Waals surface area contributed by atoms with Crippen molar-refractivity contribution in [3.05, 3.63) is 102 Å². The summed E-state index contributed by atoms with van der Waals surface area (Å²) >= 11 is 0. The molecule has 33 heavy (non-hydrogen) atoms. The predicted octanol–water partition coefficient (Wildman–Crippen LogP) is 5.36. The van der Waals surface area contributed by atoms with Crippen molar-refractivity contribution >= 4 is 5.91 Å². The van der Waals surface area contributed by atoms with Crippen molar-refractivity contribution in [3.8, 4) is 22.5 Å². The topological polar surface area (TPSA) is 59.0 Å². The van der Waals surface area contributed by atoms with E-state index >= 15 is 0 Å². The molecule has 5 nitrogen and oxygen atoms in total. The Morgan fingerprint density at radius 1 is 0.879 bits per heavy atom. The lowest BCUT2D eigenvalue weighted by Gasteiger charge is -2.32. The number of pyridine rings is 1. The lowest BCUT2D eigenvalue weighted by atomic mass is 9.88. The molecule has 0 atom stereocenters. The number of rotatable bonds is 4. The Hall–Kier alpha value is -3.93. The van der Waals surface area contributed by atoms with Crippen LogP contribution in [-0.2, 0) is 0 Å². The summed E-state index contributed by atoms with van der Waals surface area (Å²) in [6.45, 7) is 1.25. The van der Waals surface area contributed by atoms with Crippen LogP contribution in [0.4, 0.5) is 4.39 Å². The van der Waals surface area contributed by atoms with Crippen LogP contribution in [0.25, 0.3) is 22.5 Å². The van der Waals surface area contributed by atoms with Crippen molar-refractivity contribution in [2.75, 3.05) is 13.1 Å². The third-order valence-corrected chi connectivity index (χ3v) is 6.10. The quantitative estimate of drug-likeness (QED) is 0.430. The monoisotopic (exact) mass is 438 g/mol. The van der Waals surface area contributed by atoms with Gasteiger partial charge in [-0.2, -0.15) is 0 Å². The van der Waals surface area contributed by atoms with Crippen molar-refractivity contribution in [1.82, 2.24) is 19.9 Å². The summed E-state index contributed by atoms with van der Waals surface area (Å²) in [6, 6.07) is 19.6. The van der Waals surface area contributed by atoms with Gasteiger partial charge in [0.2, 0.25) is 0 Å². The summed E-state index contributed by atoms with van der Waals surface area (Å²) in [6.07, 6.45) is 7.05. The number of carbonyl (C=O) groups excluding carboxylic acids is 1. The van der Waals surface area contributed by atoms with E-state index in [-0.39, 0.29) is 17.6 Å². The minimum absolute atomic E-state index is 0.0598. The number of halogens is 1. The SMILES string of the molecule is O=C(c1ccc(F)cc1)N1CCC(c2nc(-c3ccccc3)ncc2-c2ccncc2)CC1. The van der Waals surface area contributed by atoms with Gasteiger partial charge in [-0.3, -0.25) is 9.78 Å². The molecule has 1 amide bonds. The van der Waals surface area contributed by atoms with Crippen LogP contribution in [0, 0.1) is 5.82 Å². The normalized spacial score (nSPS) is 14.3. The second kappa shape index (κ2) is 9.28. The zero-order valence-corrected chi connectivity index (χ0v) is 18.1. The van der Waals surface area contributed by atoms with Crippen LogP contribution >= 0.6 is 0 Å². The molecule has 1 aliphatic rings. The number of hydrogen-bond acceptors (Lipinski definition) is 4. The molecule has 4 aromatic rings. The maximum atomic E-state index is 13.2. The zero-order chi connectivity index (χ0) is 22.6. The zero-order valence-electron chi connectivity index (χ0n) is 18.1. The molecule has 0 saturated carbocycles. The van der Waals surface area contributed by atoms with Crippen molar-refractivity contribution in [2.45, 2.75) is 18.8 Å². The molecule has 1 fully saturated rings. The molecule has 5 rings (SSSR count). The van der Waals surface area contributed by atoms with Gasteiger partial charge in [-0.15, -0.1) is 0 Å². The van der Waals surface area contributed by atoms with Crippen LogP contribution in [0.1, 0.15) is 34.8 Å². The van der Waals surface area contributed by atoms with Crippen LogP contribution in [0.3, 0.4) is 0 Å². The highest BCUT2D eigenvalue weighted by molar-refractivity contribution is 5.94. The Bertz CT molecular complexity index is 1240. The predicted molar refractivity (Wildman–Crippen MR) is 125 cm³/mol. The van der Waals surface area contributed by atoms with Gasteiger partial charge < -0.3 is 4.90 Å². The minimum Gasteiger partial charge on any atom is -0.339 e. The third kappa shape index (κ3) is 4.51. The third-order valence-electron chi connectivity index (χ3n) is 6.10. The first kappa shape index (κ1) is 20.9. The molecule has 2 aromatic carbocycles. The van der Waals surface area contributed by atoms with Gasteiger partial charge in [0.25, 0.3) is 5.91 Å². The summed E-state index contributed by atoms with van der Waals surface area (Å²) in [5.41, 5.74) is 4.53. The molecular formula is C27H23FN4O. The smallest absolute Gasteiger partial charge is 0.253 e. The molecule has 164 valence electrons. The van der Waals surface area contributed by atoms with E-state index in [2.05, 4.69) is 9.97 Å². The number of hydrogen-bond donors (Lipinski definition) is 0. The average molecular weight is 439 g/mol. The van der Waals surface area contributed by atoms with E-state index < -0.39 is 0 Å². The lowest BCUT2D eigenvalue weighted by molar-refractivity contribution is 0.0712. The number of nitrogens with zero attached hydrogens (tertiary/aromatic N) is 4. The molecule has 3 heterocycles. The molecule has 0 aliphatic carbocycles. The largest absolute Gasteiger partial charge is 0.339 e. The van der Waals surface area contributed by atoms with E-state index in [0.29, 0.717) is 24.5 Å². The number of piperidine rings is 1. The first-order valence-corrected chi connectivity index (χ1v) is 11.1. The van der Waals surface area contributed by atoms with E-state index in [9.17, 15) is 9.18 Å². The van der Waals surface area contributed by atoms with Gasteiger partial charge in [0.1, 0.15) is 5.82 Å². The van der Waals surface area contributed by atoms with Gasteiger partial charge >= 0.3 is 0 Å². The first-order chi connectivity index (χ1) is 16.2. The summed E-state index contributed by atoms with van der Waals surface area (Å²) in [5.74, 6) is 0.506. The van der Waals surface area contributed by atoms with Crippen molar-refractivity contribution in [2.24, 2.45) is 0 Å². The van der Waals surface area contributed by atoms with Crippen molar-refractivity contribution in [3.63, 3.8) is 0 Å². The van der Waals surface area contributed by atoms with Crippen LogP contribution in [0.15, 0.2) is 85.3 Å². The van der Waals surface area contributed by atoms with Crippen LogP contribution < -0.4 is 0 Å². The van der Waals surface area contributed by atoms with E-state index in [1.54, 1.807) is 24.5 Å². The summed E-state index contributed by atoms with van der Waals surface area (Å²) < 4.78 is 13.2. The highest BCUT2D eigenvalue weighted by Crippen LogP contribution is 2.35. The molecule has 6 heteroatoms. The van der Waals surface area contributed by atoms with Gasteiger partial charge in [0.15, 0.2) is 5.82 Å². The molecule has 0 N–H and O–H groups in total. The second-order valence-electron chi connectivity index (χ2n) is 8.17. The van der Waals surface area contributed by atoms with Gasteiger partial charge in [0.05, 0.1) is 5.69 Å². The molecule has 1 saturated heterocycles. The number of amides is 1. The molecule has 0 spiro atoms. The molecular weight excluding hydrogens is 415 g/mol. The summed E-state index contributed by atoms with van der Waals surface area (Å²) in [5, 5.41) is 0. The number of likely N-dealkylation sites (tertiary alicyclic amines) is 1. The fraction of sp³-hybridized carbons (Fsp3) is 0.185. The summed E-state index contributed by atoms with van der Waals surface area (Å²) in [7, 11) is 0. The molecule has 0 radical (unpaired) electrons. The second-order valence-corrected chi connectivity index (χ2v) is 8.17. The Kier molecular flexibility index (Phi) is 5.89. The molecule has 1 aliphatic heterocycles. The highest BCUT2D eigenvalue weighted by Gasteiger charge is 2.28. The highest BCUT2D eigenvalue weighted by atomic mass is 19.1. The summed E-state index contributed by atoms with van der Waals surface area (Å²) in [4.78, 5) is 28.5. The van der Waals surface area contributed by atoms with E-state index in [0.717, 1.165) is 35.2 Å². The number of carbonyl (C=O) groups is 1. The van der Waals surface area contributed by atoms with Crippen molar-refractivity contribution in [1.29, 1.82) is 0 Å². The lowest BCUT2D eigenvalue weighted by Crippen LogP contribution is -2.38. The van der Waals surface area contributed by atoms with Crippen LogP contribution in [0.2, 0.25) is 0 Å². The minimum atomic E-state index is -0.341. The van der Waals surface area contributed by atoms with Gasteiger partial charge in [-0.05, 0) is 54.8 Å². The Balaban J connectivity index is 1.42. The Labute approximate surface area is 192 Å². The van der Waals surface area contributed by atoms with E-state index in [4.69, 9.17) is 4.98 Å². The average Bonchev–Trinajstić information content (AvgIpc) is 2.89. The van der Waals surface area contributed by atoms with Gasteiger partial charge in [-0.1, -0.05) is 30.3 Å². The maximum absolute atomic E-state index is 13.2. The van der Waals surface area contributed by atoms with E-state index in [1.807, 2.05) is 53.6 Å². The Morgan fingerprint density at radius 2 is 1.58 bits per heavy atom. The van der Waals surface area contributed by atoms with E-state index in [1.165, 1.54) is 12.1 Å². The van der Waals surface area contributed by atoms with Gasteiger partial charge in [0, 0.05) is 54.3 Å². The van der Waals surface area contributed by atoms with Gasteiger partial charge in [-0.25, -0.2) is 14.4 Å². The molecule has 0 unspecified atom stereocenters. The first-order valence-electron chi connectivity index (χ1n) is 11.1. The van der Waals surface area contributed by atoms with Crippen LogP contribution in [-0.4, -0.2) is 38.8 Å². The fourth-order valence-electron chi connectivity index (χ4n) is 4.32. The molecule has 2 aromatic heterocycles.